The van der Waals surface area contributed by atoms with Crippen LogP contribution in [-0.2, 0) is 6.42 Å². The summed E-state index contributed by atoms with van der Waals surface area (Å²) in [6.07, 6.45) is 1.91. The molecule has 0 radical (unpaired) electrons. The van der Waals surface area contributed by atoms with Crippen molar-refractivity contribution in [2.75, 3.05) is 10.6 Å². The highest BCUT2D eigenvalue weighted by atomic mass is 16.3. The molecule has 4 nitrogen and oxygen atoms in total. The molecular weight excluding hydrogens is 264 g/mol. The van der Waals surface area contributed by atoms with Crippen molar-refractivity contribution in [1.29, 1.82) is 0 Å². The normalized spacial score (nSPS) is 17.4. The maximum absolute atomic E-state index is 12.8. The lowest BCUT2D eigenvalue weighted by Crippen LogP contribution is -2.42. The fourth-order valence-corrected chi connectivity index (χ4v) is 2.81. The highest BCUT2D eigenvalue weighted by Crippen LogP contribution is 2.32. The van der Waals surface area contributed by atoms with E-state index < -0.39 is 0 Å². The van der Waals surface area contributed by atoms with Gasteiger partial charge in [-0.25, -0.2) is 0 Å². The summed E-state index contributed by atoms with van der Waals surface area (Å²) in [7, 11) is 0. The van der Waals surface area contributed by atoms with Crippen LogP contribution in [0.3, 0.4) is 0 Å². The van der Waals surface area contributed by atoms with Crippen molar-refractivity contribution in [2.24, 2.45) is 0 Å². The zero-order valence-corrected chi connectivity index (χ0v) is 11.9. The number of para-hydroxylation sites is 1. The average Bonchev–Trinajstić information content (AvgIpc) is 2.49. The van der Waals surface area contributed by atoms with E-state index in [4.69, 9.17) is 5.73 Å². The zero-order chi connectivity index (χ0) is 15.0. The number of rotatable bonds is 1. The van der Waals surface area contributed by atoms with Crippen molar-refractivity contribution in [1.82, 2.24) is 0 Å². The number of phenolic OH excluding ortho intramolecular Hbond substituents is 1. The maximum atomic E-state index is 12.8. The Morgan fingerprint density at radius 1 is 1.29 bits per heavy atom. The molecule has 1 aliphatic heterocycles. The number of aromatic hydroxyl groups is 1. The fraction of sp³-hybridized carbons (Fsp3) is 0.235. The van der Waals surface area contributed by atoms with Gasteiger partial charge in [-0.05, 0) is 49.6 Å². The number of hydrogen-bond acceptors (Lipinski definition) is 3. The van der Waals surface area contributed by atoms with Gasteiger partial charge in [-0.15, -0.1) is 0 Å². The number of amides is 1. The molecule has 3 N–H and O–H groups in total. The summed E-state index contributed by atoms with van der Waals surface area (Å²) >= 11 is 0. The Balaban J connectivity index is 2.02. The third kappa shape index (κ3) is 2.33. The van der Waals surface area contributed by atoms with Crippen LogP contribution >= 0.6 is 0 Å². The number of nitrogens with two attached hydrogens (primary N) is 1. The number of nitrogen functional groups attached to an aromatic ring is 1. The van der Waals surface area contributed by atoms with Crippen LogP contribution in [0.1, 0.15) is 29.3 Å². The lowest BCUT2D eigenvalue weighted by molar-refractivity contribution is 0.0975. The van der Waals surface area contributed by atoms with Crippen molar-refractivity contribution < 1.29 is 9.90 Å². The van der Waals surface area contributed by atoms with Gasteiger partial charge in [0.15, 0.2) is 0 Å². The maximum Gasteiger partial charge on any atom is 0.258 e. The average molecular weight is 282 g/mol. The van der Waals surface area contributed by atoms with E-state index in [1.165, 1.54) is 11.6 Å². The number of anilines is 2. The monoisotopic (exact) mass is 282 g/mol. The number of aryl methyl sites for hydroxylation is 1. The van der Waals surface area contributed by atoms with Gasteiger partial charge in [-0.2, -0.15) is 0 Å². The minimum Gasteiger partial charge on any atom is -0.506 e. The Morgan fingerprint density at radius 3 is 2.81 bits per heavy atom. The van der Waals surface area contributed by atoms with Crippen LogP contribution in [-0.4, -0.2) is 17.1 Å². The van der Waals surface area contributed by atoms with E-state index in [-0.39, 0.29) is 23.4 Å². The zero-order valence-electron chi connectivity index (χ0n) is 11.9. The number of hydrogen-bond donors (Lipinski definition) is 2. The van der Waals surface area contributed by atoms with Crippen LogP contribution in [0.5, 0.6) is 5.75 Å². The summed E-state index contributed by atoms with van der Waals surface area (Å²) < 4.78 is 0. The first-order chi connectivity index (χ1) is 10.1. The molecule has 2 aromatic rings. The van der Waals surface area contributed by atoms with E-state index in [1.54, 1.807) is 12.1 Å². The fourth-order valence-electron chi connectivity index (χ4n) is 2.81. The minimum absolute atomic E-state index is 0.0567. The second kappa shape index (κ2) is 5.13. The molecule has 4 heteroatoms. The first kappa shape index (κ1) is 13.5. The van der Waals surface area contributed by atoms with Crippen LogP contribution in [0.15, 0.2) is 42.5 Å². The Morgan fingerprint density at radius 2 is 2.05 bits per heavy atom. The van der Waals surface area contributed by atoms with Gasteiger partial charge in [0.2, 0.25) is 0 Å². The first-order valence-corrected chi connectivity index (χ1v) is 7.08. The third-order valence-corrected chi connectivity index (χ3v) is 4.02. The lowest BCUT2D eigenvalue weighted by Gasteiger charge is -2.35. The van der Waals surface area contributed by atoms with Gasteiger partial charge in [0.1, 0.15) is 5.75 Å². The molecule has 0 aromatic heterocycles. The van der Waals surface area contributed by atoms with Crippen LogP contribution in [0.25, 0.3) is 0 Å². The summed E-state index contributed by atoms with van der Waals surface area (Å²) in [5.74, 6) is -0.163. The number of nitrogens with zero attached hydrogens (tertiary/aromatic N) is 1. The van der Waals surface area contributed by atoms with E-state index >= 15 is 0 Å². The number of benzene rings is 2. The summed E-state index contributed by atoms with van der Waals surface area (Å²) in [4.78, 5) is 14.6. The Labute approximate surface area is 123 Å². The summed E-state index contributed by atoms with van der Waals surface area (Å²) in [6.45, 7) is 2.05. The molecule has 0 aliphatic carbocycles. The van der Waals surface area contributed by atoms with E-state index in [2.05, 4.69) is 6.07 Å². The highest BCUT2D eigenvalue weighted by molar-refractivity contribution is 6.07. The smallest absolute Gasteiger partial charge is 0.258 e. The number of phenols is 1. The predicted molar refractivity (Wildman–Crippen MR) is 83.6 cm³/mol. The second-order valence-electron chi connectivity index (χ2n) is 5.47. The van der Waals surface area contributed by atoms with Crippen LogP contribution < -0.4 is 10.6 Å². The molecule has 0 fully saturated rings. The molecule has 0 spiro atoms. The molecule has 1 atom stereocenters. The summed E-state index contributed by atoms with van der Waals surface area (Å²) in [5.41, 5.74) is 8.46. The number of carbonyl (C=O) groups excluding carboxylic acids is 1. The Bertz CT molecular complexity index is 697. The molecule has 0 saturated heterocycles. The van der Waals surface area contributed by atoms with Gasteiger partial charge < -0.3 is 15.7 Å². The molecule has 1 unspecified atom stereocenters. The van der Waals surface area contributed by atoms with Crippen LogP contribution in [0, 0.1) is 0 Å². The summed E-state index contributed by atoms with van der Waals surface area (Å²) in [5, 5.41) is 9.71. The lowest BCUT2D eigenvalue weighted by atomic mass is 9.95. The van der Waals surface area contributed by atoms with Crippen LogP contribution in [0.2, 0.25) is 0 Å². The molecule has 1 aliphatic rings. The predicted octanol–water partition coefficient (Wildman–Crippen LogP) is 2.96. The van der Waals surface area contributed by atoms with E-state index in [1.807, 2.05) is 30.0 Å². The van der Waals surface area contributed by atoms with Crippen LogP contribution in [0.4, 0.5) is 11.4 Å². The van der Waals surface area contributed by atoms with Gasteiger partial charge in [-0.1, -0.05) is 18.2 Å². The van der Waals surface area contributed by atoms with Crippen molar-refractivity contribution >= 4 is 17.3 Å². The molecule has 1 amide bonds. The van der Waals surface area contributed by atoms with Gasteiger partial charge in [-0.3, -0.25) is 4.79 Å². The third-order valence-electron chi connectivity index (χ3n) is 4.02. The topological polar surface area (TPSA) is 66.6 Å². The molecule has 108 valence electrons. The summed E-state index contributed by atoms with van der Waals surface area (Å²) in [6, 6.07) is 12.7. The molecule has 0 saturated carbocycles. The van der Waals surface area contributed by atoms with E-state index in [0.717, 1.165) is 18.5 Å². The van der Waals surface area contributed by atoms with Crippen molar-refractivity contribution in [3.63, 3.8) is 0 Å². The Hall–Kier alpha value is -2.49. The molecule has 1 heterocycles. The van der Waals surface area contributed by atoms with Gasteiger partial charge in [0.25, 0.3) is 5.91 Å². The van der Waals surface area contributed by atoms with Gasteiger partial charge in [0, 0.05) is 17.3 Å². The largest absolute Gasteiger partial charge is 0.506 e. The molecule has 21 heavy (non-hydrogen) atoms. The van der Waals surface area contributed by atoms with E-state index in [0.29, 0.717) is 5.56 Å². The second-order valence-corrected chi connectivity index (χ2v) is 5.47. The SMILES string of the molecule is CC1CCc2ccccc2N1C(=O)c1ccc(N)c(O)c1. The molecule has 2 aromatic carbocycles. The molecular formula is C17H18N2O2. The van der Waals surface area contributed by atoms with Crippen molar-refractivity contribution in [2.45, 2.75) is 25.8 Å². The number of carbonyl (C=O) groups is 1. The standard InChI is InChI=1S/C17H18N2O2/c1-11-6-7-12-4-2-3-5-15(12)19(11)17(21)13-8-9-14(18)16(20)10-13/h2-5,8-11,20H,6-7,18H2,1H3. The minimum atomic E-state index is -0.107. The highest BCUT2D eigenvalue weighted by Gasteiger charge is 2.28. The van der Waals surface area contributed by atoms with E-state index in [9.17, 15) is 9.90 Å². The van der Waals surface area contributed by atoms with Gasteiger partial charge in [0.05, 0.1) is 5.69 Å². The van der Waals surface area contributed by atoms with Crippen molar-refractivity contribution in [3.05, 3.63) is 53.6 Å². The van der Waals surface area contributed by atoms with Crippen molar-refractivity contribution in [3.8, 4) is 5.75 Å². The molecule has 0 bridgehead atoms. The Kier molecular flexibility index (Phi) is 3.29. The first-order valence-electron chi connectivity index (χ1n) is 7.08. The molecule has 3 rings (SSSR count). The quantitative estimate of drug-likeness (QED) is 0.624. The van der Waals surface area contributed by atoms with Gasteiger partial charge >= 0.3 is 0 Å². The number of fused-ring (bicyclic) bond motifs is 1.